The molecule has 4 heteroatoms. The van der Waals surface area contributed by atoms with Crippen molar-refractivity contribution in [1.29, 1.82) is 0 Å². The lowest BCUT2D eigenvalue weighted by atomic mass is 10.0. The van der Waals surface area contributed by atoms with E-state index in [0.29, 0.717) is 6.42 Å². The van der Waals surface area contributed by atoms with Crippen LogP contribution in [0, 0.1) is 5.92 Å². The Labute approximate surface area is 60.5 Å². The standard InChI is InChI=1S/C6H15NO3/c1-5(4-8)3-6(2,9)7-10/h5,7-10H,3-4H2,1-2H3. The van der Waals surface area contributed by atoms with E-state index in [4.69, 9.17) is 15.4 Å². The second-order valence-corrected chi connectivity index (χ2v) is 2.88. The molecule has 0 heterocycles. The summed E-state index contributed by atoms with van der Waals surface area (Å²) in [5.41, 5.74) is 0.461. The maximum absolute atomic E-state index is 9.15. The van der Waals surface area contributed by atoms with Crippen molar-refractivity contribution < 1.29 is 15.4 Å². The quantitative estimate of drug-likeness (QED) is 0.327. The molecule has 0 bridgehead atoms. The second-order valence-electron chi connectivity index (χ2n) is 2.88. The fourth-order valence-corrected chi connectivity index (χ4v) is 0.789. The van der Waals surface area contributed by atoms with Gasteiger partial charge in [0.05, 0.1) is 0 Å². The van der Waals surface area contributed by atoms with Crippen molar-refractivity contribution in [3.8, 4) is 0 Å². The molecule has 0 aliphatic rings. The van der Waals surface area contributed by atoms with E-state index in [2.05, 4.69) is 0 Å². The Bertz CT molecular complexity index is 95.0. The molecule has 0 aromatic rings. The summed E-state index contributed by atoms with van der Waals surface area (Å²) in [6.45, 7) is 3.24. The van der Waals surface area contributed by atoms with E-state index in [1.165, 1.54) is 6.92 Å². The van der Waals surface area contributed by atoms with Crippen LogP contribution in [0.4, 0.5) is 0 Å². The molecular formula is C6H15NO3. The summed E-state index contributed by atoms with van der Waals surface area (Å²) >= 11 is 0. The predicted molar refractivity (Wildman–Crippen MR) is 36.4 cm³/mol. The third kappa shape index (κ3) is 3.79. The van der Waals surface area contributed by atoms with Gasteiger partial charge in [0.15, 0.2) is 0 Å². The van der Waals surface area contributed by atoms with Gasteiger partial charge in [-0.2, -0.15) is 5.48 Å². The summed E-state index contributed by atoms with van der Waals surface area (Å²) in [7, 11) is 0. The largest absolute Gasteiger partial charge is 0.396 e. The SMILES string of the molecule is CC(CO)CC(C)(O)NO. The molecule has 0 radical (unpaired) electrons. The van der Waals surface area contributed by atoms with Crippen molar-refractivity contribution in [3.05, 3.63) is 0 Å². The summed E-state index contributed by atoms with van der Waals surface area (Å²) in [6, 6.07) is 0. The number of rotatable bonds is 4. The second kappa shape index (κ2) is 3.88. The predicted octanol–water partition coefficient (Wildman–Crippen LogP) is -0.308. The Hall–Kier alpha value is -0.160. The van der Waals surface area contributed by atoms with E-state index in [-0.39, 0.29) is 12.5 Å². The van der Waals surface area contributed by atoms with Crippen LogP contribution in [0.1, 0.15) is 20.3 Å². The molecule has 62 valence electrons. The summed E-state index contributed by atoms with van der Waals surface area (Å²) in [4.78, 5) is 0. The Morgan fingerprint density at radius 1 is 1.60 bits per heavy atom. The zero-order valence-corrected chi connectivity index (χ0v) is 6.33. The van der Waals surface area contributed by atoms with Crippen molar-refractivity contribution in [3.63, 3.8) is 0 Å². The van der Waals surface area contributed by atoms with Crippen LogP contribution in [0.25, 0.3) is 0 Å². The Kier molecular flexibility index (Phi) is 3.81. The first-order valence-corrected chi connectivity index (χ1v) is 3.26. The minimum atomic E-state index is -1.29. The van der Waals surface area contributed by atoms with E-state index in [1.54, 1.807) is 12.4 Å². The van der Waals surface area contributed by atoms with Crippen LogP contribution < -0.4 is 5.48 Å². The normalized spacial score (nSPS) is 20.1. The molecule has 0 aliphatic heterocycles. The molecule has 4 nitrogen and oxygen atoms in total. The van der Waals surface area contributed by atoms with Gasteiger partial charge in [-0.15, -0.1) is 0 Å². The molecule has 0 fully saturated rings. The summed E-state index contributed by atoms with van der Waals surface area (Å²) < 4.78 is 0. The molecule has 0 aromatic heterocycles. The van der Waals surface area contributed by atoms with Crippen LogP contribution in [-0.4, -0.2) is 27.8 Å². The molecule has 0 spiro atoms. The van der Waals surface area contributed by atoms with Gasteiger partial charge in [0, 0.05) is 6.61 Å². The van der Waals surface area contributed by atoms with Crippen LogP contribution in [0.15, 0.2) is 0 Å². The van der Waals surface area contributed by atoms with Crippen molar-refractivity contribution in [2.24, 2.45) is 5.92 Å². The Morgan fingerprint density at radius 2 is 2.10 bits per heavy atom. The summed E-state index contributed by atoms with van der Waals surface area (Å²) in [5.74, 6) is -0.0188. The molecule has 10 heavy (non-hydrogen) atoms. The molecule has 0 aromatic carbocycles. The summed E-state index contributed by atoms with van der Waals surface area (Å²) in [6.07, 6.45) is 0.319. The van der Waals surface area contributed by atoms with Gasteiger partial charge in [-0.25, -0.2) is 0 Å². The molecule has 2 atom stereocenters. The molecule has 0 saturated heterocycles. The maximum Gasteiger partial charge on any atom is 0.135 e. The highest BCUT2D eigenvalue weighted by Gasteiger charge is 2.21. The van der Waals surface area contributed by atoms with E-state index in [0.717, 1.165) is 0 Å². The molecular weight excluding hydrogens is 134 g/mol. The molecule has 0 saturated carbocycles. The van der Waals surface area contributed by atoms with E-state index in [9.17, 15) is 0 Å². The lowest BCUT2D eigenvalue weighted by Gasteiger charge is -2.23. The first-order chi connectivity index (χ1) is 4.52. The average Bonchev–Trinajstić information content (AvgIpc) is 1.87. The van der Waals surface area contributed by atoms with Gasteiger partial charge in [0.25, 0.3) is 0 Å². The van der Waals surface area contributed by atoms with E-state index < -0.39 is 5.72 Å². The van der Waals surface area contributed by atoms with E-state index in [1.807, 2.05) is 0 Å². The number of aliphatic hydroxyl groups excluding tert-OH is 1. The smallest absolute Gasteiger partial charge is 0.135 e. The van der Waals surface area contributed by atoms with Gasteiger partial charge >= 0.3 is 0 Å². The summed E-state index contributed by atoms with van der Waals surface area (Å²) in [5, 5.41) is 26.1. The first-order valence-electron chi connectivity index (χ1n) is 3.26. The molecule has 4 N–H and O–H groups in total. The Morgan fingerprint density at radius 3 is 2.40 bits per heavy atom. The first kappa shape index (κ1) is 9.84. The third-order valence-electron chi connectivity index (χ3n) is 1.30. The zero-order valence-electron chi connectivity index (χ0n) is 6.33. The highest BCUT2D eigenvalue weighted by Crippen LogP contribution is 2.11. The lowest BCUT2D eigenvalue weighted by Crippen LogP contribution is -2.41. The van der Waals surface area contributed by atoms with Crippen LogP contribution in [-0.2, 0) is 0 Å². The van der Waals surface area contributed by atoms with Crippen LogP contribution in [0.3, 0.4) is 0 Å². The monoisotopic (exact) mass is 149 g/mol. The van der Waals surface area contributed by atoms with Gasteiger partial charge in [-0.3, -0.25) is 0 Å². The molecule has 0 aliphatic carbocycles. The molecule has 0 rings (SSSR count). The highest BCUT2D eigenvalue weighted by atomic mass is 16.5. The van der Waals surface area contributed by atoms with Crippen molar-refractivity contribution >= 4 is 0 Å². The third-order valence-corrected chi connectivity index (χ3v) is 1.30. The minimum Gasteiger partial charge on any atom is -0.396 e. The van der Waals surface area contributed by atoms with E-state index >= 15 is 0 Å². The van der Waals surface area contributed by atoms with Gasteiger partial charge in [0.2, 0.25) is 0 Å². The number of hydrogen-bond acceptors (Lipinski definition) is 4. The van der Waals surface area contributed by atoms with Crippen LogP contribution in [0.2, 0.25) is 0 Å². The van der Waals surface area contributed by atoms with Crippen LogP contribution >= 0.6 is 0 Å². The van der Waals surface area contributed by atoms with Gasteiger partial charge in [-0.1, -0.05) is 6.92 Å². The number of hydrogen-bond donors (Lipinski definition) is 4. The molecule has 0 amide bonds. The van der Waals surface area contributed by atoms with Crippen molar-refractivity contribution in [1.82, 2.24) is 5.48 Å². The fourth-order valence-electron chi connectivity index (χ4n) is 0.789. The highest BCUT2D eigenvalue weighted by molar-refractivity contribution is 4.67. The minimum absolute atomic E-state index is 0.0117. The van der Waals surface area contributed by atoms with Gasteiger partial charge in [-0.05, 0) is 19.3 Å². The van der Waals surface area contributed by atoms with Gasteiger partial charge in [0.1, 0.15) is 5.72 Å². The maximum atomic E-state index is 9.15. The van der Waals surface area contributed by atoms with Crippen molar-refractivity contribution in [2.75, 3.05) is 6.61 Å². The lowest BCUT2D eigenvalue weighted by molar-refractivity contribution is -0.0951. The number of aliphatic hydroxyl groups is 2. The van der Waals surface area contributed by atoms with Crippen LogP contribution in [0.5, 0.6) is 0 Å². The number of hydroxylamine groups is 1. The Balaban J connectivity index is 3.64. The average molecular weight is 149 g/mol. The van der Waals surface area contributed by atoms with Gasteiger partial charge < -0.3 is 15.4 Å². The number of nitrogens with one attached hydrogen (secondary N) is 1. The van der Waals surface area contributed by atoms with Crippen molar-refractivity contribution in [2.45, 2.75) is 26.0 Å². The fraction of sp³-hybridized carbons (Fsp3) is 1.00. The topological polar surface area (TPSA) is 72.7 Å². The zero-order chi connectivity index (χ0) is 8.20. The molecule has 2 unspecified atom stereocenters.